The van der Waals surface area contributed by atoms with Crippen molar-refractivity contribution < 1.29 is 28.6 Å². The van der Waals surface area contributed by atoms with E-state index in [9.17, 15) is 14.4 Å². The first-order valence-electron chi connectivity index (χ1n) is 9.21. The van der Waals surface area contributed by atoms with Gasteiger partial charge in [-0.05, 0) is 29.7 Å². The van der Waals surface area contributed by atoms with Crippen molar-refractivity contribution in [2.45, 2.75) is 25.3 Å². The number of aryl methyl sites for hydroxylation is 1. The first-order valence-corrected chi connectivity index (χ1v) is 9.21. The Balaban J connectivity index is 1.78. The van der Waals surface area contributed by atoms with E-state index in [1.807, 2.05) is 54.6 Å². The number of benzene rings is 2. The molecule has 1 amide bonds. The van der Waals surface area contributed by atoms with Gasteiger partial charge in [-0.15, -0.1) is 0 Å². The summed E-state index contributed by atoms with van der Waals surface area (Å²) in [5, 5.41) is 2.55. The summed E-state index contributed by atoms with van der Waals surface area (Å²) in [5.41, 5.74) is 1.83. The van der Waals surface area contributed by atoms with Crippen LogP contribution >= 0.6 is 0 Å². The fourth-order valence-corrected chi connectivity index (χ4v) is 2.68. The van der Waals surface area contributed by atoms with E-state index < -0.39 is 30.5 Å². The molecule has 2 rings (SSSR count). The van der Waals surface area contributed by atoms with E-state index in [0.717, 1.165) is 16.9 Å². The second-order valence-electron chi connectivity index (χ2n) is 6.34. The van der Waals surface area contributed by atoms with E-state index in [1.54, 1.807) is 7.11 Å². The van der Waals surface area contributed by atoms with Crippen molar-refractivity contribution in [1.82, 2.24) is 5.32 Å². The first-order chi connectivity index (χ1) is 14.0. The number of carbonyl (C=O) groups excluding carboxylic acids is 3. The van der Waals surface area contributed by atoms with Crippen LogP contribution < -0.4 is 10.1 Å². The second kappa shape index (κ2) is 11.5. The highest BCUT2D eigenvalue weighted by Gasteiger charge is 2.22. The standard InChI is InChI=1S/C22H25NO6/c1-27-18-11-8-16(9-12-18)10-13-21(25)29-15-20(24)23-19(22(26)28-2)14-17-6-4-3-5-7-17/h3-9,11-12,19H,10,13-15H2,1-2H3,(H,23,24)/t19-/m0/s1. The zero-order valence-electron chi connectivity index (χ0n) is 16.6. The molecular weight excluding hydrogens is 374 g/mol. The monoisotopic (exact) mass is 399 g/mol. The summed E-state index contributed by atoms with van der Waals surface area (Å²) in [7, 11) is 2.84. The first kappa shape index (κ1) is 21.9. The van der Waals surface area contributed by atoms with Gasteiger partial charge in [0.15, 0.2) is 6.61 Å². The van der Waals surface area contributed by atoms with Crippen LogP contribution in [0, 0.1) is 0 Å². The minimum absolute atomic E-state index is 0.143. The molecule has 0 spiro atoms. The number of amides is 1. The molecule has 154 valence electrons. The molecule has 0 aliphatic heterocycles. The van der Waals surface area contributed by atoms with Gasteiger partial charge in [-0.25, -0.2) is 4.79 Å². The third-order valence-electron chi connectivity index (χ3n) is 4.24. The summed E-state index contributed by atoms with van der Waals surface area (Å²) in [6, 6.07) is 15.7. The van der Waals surface area contributed by atoms with E-state index in [0.29, 0.717) is 6.42 Å². The van der Waals surface area contributed by atoms with Crippen molar-refractivity contribution in [3.63, 3.8) is 0 Å². The van der Waals surface area contributed by atoms with Gasteiger partial charge >= 0.3 is 11.9 Å². The molecule has 0 aliphatic carbocycles. The molecule has 0 bridgehead atoms. The van der Waals surface area contributed by atoms with E-state index in [2.05, 4.69) is 5.32 Å². The number of methoxy groups -OCH3 is 2. The lowest BCUT2D eigenvalue weighted by atomic mass is 10.1. The van der Waals surface area contributed by atoms with Crippen LogP contribution in [0.25, 0.3) is 0 Å². The van der Waals surface area contributed by atoms with Crippen LogP contribution in [0.4, 0.5) is 0 Å². The molecular formula is C22H25NO6. The van der Waals surface area contributed by atoms with E-state index in [1.165, 1.54) is 7.11 Å². The minimum Gasteiger partial charge on any atom is -0.497 e. The predicted octanol–water partition coefficient (Wildman–Crippen LogP) is 2.07. The van der Waals surface area contributed by atoms with Crippen LogP contribution in [0.1, 0.15) is 17.5 Å². The molecule has 0 fully saturated rings. The summed E-state index contributed by atoms with van der Waals surface area (Å²) >= 11 is 0. The number of nitrogens with one attached hydrogen (secondary N) is 1. The SMILES string of the molecule is COC(=O)[C@H](Cc1ccccc1)NC(=O)COC(=O)CCc1ccc(OC)cc1. The van der Waals surface area contributed by atoms with Crippen molar-refractivity contribution in [2.75, 3.05) is 20.8 Å². The third kappa shape index (κ3) is 7.65. The molecule has 0 aromatic heterocycles. The van der Waals surface area contributed by atoms with Gasteiger partial charge in [-0.1, -0.05) is 42.5 Å². The van der Waals surface area contributed by atoms with Crippen molar-refractivity contribution in [3.05, 3.63) is 65.7 Å². The van der Waals surface area contributed by atoms with Crippen molar-refractivity contribution in [1.29, 1.82) is 0 Å². The number of hydrogen-bond donors (Lipinski definition) is 1. The Hall–Kier alpha value is -3.35. The normalized spacial score (nSPS) is 11.2. The summed E-state index contributed by atoms with van der Waals surface area (Å²) in [5.74, 6) is -0.875. The van der Waals surface area contributed by atoms with Crippen LogP contribution in [0.15, 0.2) is 54.6 Å². The molecule has 7 heteroatoms. The van der Waals surface area contributed by atoms with Crippen molar-refractivity contribution in [3.8, 4) is 5.75 Å². The van der Waals surface area contributed by atoms with Gasteiger partial charge < -0.3 is 19.5 Å². The molecule has 1 N–H and O–H groups in total. The van der Waals surface area contributed by atoms with Gasteiger partial charge in [0.2, 0.25) is 0 Å². The van der Waals surface area contributed by atoms with Gasteiger partial charge in [0.05, 0.1) is 14.2 Å². The highest BCUT2D eigenvalue weighted by molar-refractivity contribution is 5.86. The lowest BCUT2D eigenvalue weighted by Gasteiger charge is -2.16. The molecule has 2 aromatic rings. The zero-order chi connectivity index (χ0) is 21.1. The Morgan fingerprint density at radius 3 is 2.24 bits per heavy atom. The zero-order valence-corrected chi connectivity index (χ0v) is 16.6. The summed E-state index contributed by atoms with van der Waals surface area (Å²) in [6.45, 7) is -0.455. The molecule has 1 atom stereocenters. The largest absolute Gasteiger partial charge is 0.497 e. The van der Waals surface area contributed by atoms with Crippen LogP contribution in [0.2, 0.25) is 0 Å². The fourth-order valence-electron chi connectivity index (χ4n) is 2.68. The lowest BCUT2D eigenvalue weighted by Crippen LogP contribution is -2.44. The molecule has 0 unspecified atom stereocenters. The Labute approximate surface area is 170 Å². The van der Waals surface area contributed by atoms with E-state index in [4.69, 9.17) is 14.2 Å². The Morgan fingerprint density at radius 1 is 0.931 bits per heavy atom. The third-order valence-corrected chi connectivity index (χ3v) is 4.24. The maximum absolute atomic E-state index is 12.1. The number of esters is 2. The number of carbonyl (C=O) groups is 3. The van der Waals surface area contributed by atoms with Crippen LogP contribution in [0.3, 0.4) is 0 Å². The highest BCUT2D eigenvalue weighted by atomic mass is 16.5. The van der Waals surface area contributed by atoms with Gasteiger partial charge in [-0.3, -0.25) is 9.59 Å². The summed E-state index contributed by atoms with van der Waals surface area (Å²) in [6.07, 6.45) is 0.915. The molecule has 29 heavy (non-hydrogen) atoms. The van der Waals surface area contributed by atoms with E-state index in [-0.39, 0.29) is 12.8 Å². The minimum atomic E-state index is -0.854. The summed E-state index contributed by atoms with van der Waals surface area (Å²) in [4.78, 5) is 35.9. The Morgan fingerprint density at radius 2 is 1.62 bits per heavy atom. The lowest BCUT2D eigenvalue weighted by molar-refractivity contribution is -0.150. The quantitative estimate of drug-likeness (QED) is 0.615. The van der Waals surface area contributed by atoms with Gasteiger partial charge in [0.1, 0.15) is 11.8 Å². The van der Waals surface area contributed by atoms with Crippen molar-refractivity contribution in [2.24, 2.45) is 0 Å². The maximum atomic E-state index is 12.1. The van der Waals surface area contributed by atoms with Gasteiger partial charge in [0.25, 0.3) is 5.91 Å². The highest BCUT2D eigenvalue weighted by Crippen LogP contribution is 2.12. The smallest absolute Gasteiger partial charge is 0.328 e. The van der Waals surface area contributed by atoms with Crippen LogP contribution in [-0.4, -0.2) is 44.7 Å². The molecule has 0 saturated heterocycles. The van der Waals surface area contributed by atoms with Crippen molar-refractivity contribution >= 4 is 17.8 Å². The Kier molecular flexibility index (Phi) is 8.69. The van der Waals surface area contributed by atoms with Gasteiger partial charge in [0, 0.05) is 12.8 Å². The molecule has 0 radical (unpaired) electrons. The molecule has 0 heterocycles. The molecule has 0 aliphatic rings. The average Bonchev–Trinajstić information content (AvgIpc) is 2.76. The number of rotatable bonds is 10. The topological polar surface area (TPSA) is 90.9 Å². The average molecular weight is 399 g/mol. The van der Waals surface area contributed by atoms with Crippen LogP contribution in [-0.2, 0) is 36.7 Å². The van der Waals surface area contributed by atoms with Gasteiger partial charge in [-0.2, -0.15) is 0 Å². The molecule has 7 nitrogen and oxygen atoms in total. The predicted molar refractivity (Wildman–Crippen MR) is 106 cm³/mol. The molecule has 2 aromatic carbocycles. The number of hydrogen-bond acceptors (Lipinski definition) is 6. The fraction of sp³-hybridized carbons (Fsp3) is 0.318. The van der Waals surface area contributed by atoms with E-state index >= 15 is 0 Å². The number of ether oxygens (including phenoxy) is 3. The summed E-state index contributed by atoms with van der Waals surface area (Å²) < 4.78 is 14.8. The van der Waals surface area contributed by atoms with Crippen LogP contribution in [0.5, 0.6) is 5.75 Å². The Bertz CT molecular complexity index is 804. The second-order valence-corrected chi connectivity index (χ2v) is 6.34. The maximum Gasteiger partial charge on any atom is 0.328 e. The molecule has 0 saturated carbocycles.